The molecule has 0 heterocycles. The van der Waals surface area contributed by atoms with Gasteiger partial charge in [0.2, 0.25) is 0 Å². The van der Waals surface area contributed by atoms with Crippen LogP contribution in [0.15, 0.2) is 29.2 Å². The molecule has 0 saturated heterocycles. The van der Waals surface area contributed by atoms with E-state index in [-0.39, 0.29) is 5.56 Å². The van der Waals surface area contributed by atoms with Crippen molar-refractivity contribution in [2.45, 2.75) is 10.8 Å². The molecule has 1 amide bonds. The summed E-state index contributed by atoms with van der Waals surface area (Å²) in [5, 5.41) is 10.3. The van der Waals surface area contributed by atoms with E-state index in [2.05, 4.69) is 12.6 Å². The Balaban J connectivity index is 2.56. The highest BCUT2D eigenvalue weighted by Gasteiger charge is 2.28. The van der Waals surface area contributed by atoms with Gasteiger partial charge in [-0.05, 0) is 24.3 Å². The van der Waals surface area contributed by atoms with Crippen LogP contribution in [-0.4, -0.2) is 30.1 Å². The van der Waals surface area contributed by atoms with Gasteiger partial charge in [0, 0.05) is 10.5 Å². The normalized spacial score (nSPS) is 11.2. The van der Waals surface area contributed by atoms with Gasteiger partial charge in [-0.25, -0.2) is 8.78 Å². The Labute approximate surface area is 96.9 Å². The third-order valence-corrected chi connectivity index (χ3v) is 2.17. The lowest BCUT2D eigenvalue weighted by Gasteiger charge is -2.13. The first-order valence-electron chi connectivity index (χ1n) is 4.50. The summed E-state index contributed by atoms with van der Waals surface area (Å²) in [5.74, 6) is -3.90. The van der Waals surface area contributed by atoms with Gasteiger partial charge in [0.15, 0.2) is 0 Å². The molecule has 0 aliphatic heterocycles. The summed E-state index contributed by atoms with van der Waals surface area (Å²) >= 11 is 4.03. The van der Waals surface area contributed by atoms with Crippen LogP contribution in [0.5, 0.6) is 0 Å². The third-order valence-electron chi connectivity index (χ3n) is 1.87. The number of benzene rings is 1. The van der Waals surface area contributed by atoms with E-state index in [4.69, 9.17) is 5.11 Å². The van der Waals surface area contributed by atoms with Gasteiger partial charge in [-0.1, -0.05) is 0 Å². The zero-order chi connectivity index (χ0) is 12.2. The summed E-state index contributed by atoms with van der Waals surface area (Å²) in [5.41, 5.74) is 0.270. The molecule has 0 saturated carbocycles. The van der Waals surface area contributed by atoms with Crippen molar-refractivity contribution >= 4 is 18.5 Å². The van der Waals surface area contributed by atoms with Gasteiger partial charge in [0.25, 0.3) is 11.8 Å². The zero-order valence-corrected chi connectivity index (χ0v) is 9.18. The summed E-state index contributed by atoms with van der Waals surface area (Å²) in [4.78, 5) is 12.0. The first-order chi connectivity index (χ1) is 7.44. The van der Waals surface area contributed by atoms with E-state index in [0.29, 0.717) is 4.90 Å². The number of hydrogen-bond donors (Lipinski definition) is 3. The minimum Gasteiger partial charge on any atom is -0.390 e. The van der Waals surface area contributed by atoms with Gasteiger partial charge in [0.1, 0.15) is 6.61 Å². The maximum atomic E-state index is 12.6. The number of aliphatic hydroxyl groups excluding tert-OH is 1. The molecule has 0 atom stereocenters. The molecule has 0 fully saturated rings. The maximum absolute atomic E-state index is 12.6. The van der Waals surface area contributed by atoms with Gasteiger partial charge >= 0.3 is 0 Å². The third kappa shape index (κ3) is 3.79. The first-order valence-corrected chi connectivity index (χ1v) is 4.95. The molecule has 1 aromatic carbocycles. The fraction of sp³-hybridized carbons (Fsp3) is 0.300. The van der Waals surface area contributed by atoms with E-state index < -0.39 is 25.0 Å². The molecule has 1 rings (SSSR count). The standard InChI is InChI=1S/C10H11F2NO2S/c11-10(12,6-14)5-13-9(15)7-1-3-8(16)4-2-7/h1-4,14,16H,5-6H2,(H,13,15). The molecule has 0 spiro atoms. The van der Waals surface area contributed by atoms with Crippen LogP contribution in [0.3, 0.4) is 0 Å². The molecule has 6 heteroatoms. The number of hydrogen-bond acceptors (Lipinski definition) is 3. The van der Waals surface area contributed by atoms with Crippen LogP contribution >= 0.6 is 12.6 Å². The molecule has 0 aliphatic rings. The number of halogens is 2. The average Bonchev–Trinajstić information content (AvgIpc) is 2.27. The number of alkyl halides is 2. The lowest BCUT2D eigenvalue weighted by Crippen LogP contribution is -2.38. The Bertz CT molecular complexity index is 368. The van der Waals surface area contributed by atoms with Crippen molar-refractivity contribution in [1.29, 1.82) is 0 Å². The Hall–Kier alpha value is -1.14. The minimum atomic E-state index is -3.29. The van der Waals surface area contributed by atoms with E-state index >= 15 is 0 Å². The monoisotopic (exact) mass is 247 g/mol. The Morgan fingerprint density at radius 1 is 1.38 bits per heavy atom. The van der Waals surface area contributed by atoms with Crippen LogP contribution in [0, 0.1) is 0 Å². The topological polar surface area (TPSA) is 49.3 Å². The molecule has 3 nitrogen and oxygen atoms in total. The Morgan fingerprint density at radius 2 is 1.94 bits per heavy atom. The second kappa shape index (κ2) is 5.27. The highest BCUT2D eigenvalue weighted by Crippen LogP contribution is 2.11. The second-order valence-corrected chi connectivity index (χ2v) is 3.76. The fourth-order valence-electron chi connectivity index (χ4n) is 0.980. The van der Waals surface area contributed by atoms with Gasteiger partial charge in [-0.3, -0.25) is 4.79 Å². The minimum absolute atomic E-state index is 0.270. The quantitative estimate of drug-likeness (QED) is 0.703. The summed E-state index contributed by atoms with van der Waals surface area (Å²) in [6.45, 7) is -2.17. The molecule has 0 radical (unpaired) electrons. The van der Waals surface area contributed by atoms with E-state index in [1.807, 2.05) is 5.32 Å². The predicted octanol–water partition coefficient (Wildman–Crippen LogP) is 1.33. The van der Waals surface area contributed by atoms with Crippen molar-refractivity contribution in [2.24, 2.45) is 0 Å². The predicted molar refractivity (Wildman–Crippen MR) is 58.1 cm³/mol. The molecule has 0 aliphatic carbocycles. The smallest absolute Gasteiger partial charge is 0.287 e. The van der Waals surface area contributed by atoms with E-state index in [9.17, 15) is 13.6 Å². The Kier molecular flexibility index (Phi) is 4.26. The average molecular weight is 247 g/mol. The summed E-state index contributed by atoms with van der Waals surface area (Å²) in [6.07, 6.45) is 0. The van der Waals surface area contributed by atoms with Crippen molar-refractivity contribution in [3.8, 4) is 0 Å². The van der Waals surface area contributed by atoms with Gasteiger partial charge in [-0.2, -0.15) is 0 Å². The van der Waals surface area contributed by atoms with Crippen molar-refractivity contribution in [2.75, 3.05) is 13.2 Å². The SMILES string of the molecule is O=C(NCC(F)(F)CO)c1ccc(S)cc1. The molecule has 16 heavy (non-hydrogen) atoms. The molecular weight excluding hydrogens is 236 g/mol. The van der Waals surface area contributed by atoms with Gasteiger partial charge in [0.05, 0.1) is 6.54 Å². The number of aliphatic hydroxyl groups is 1. The summed E-state index contributed by atoms with van der Waals surface area (Å²) in [6, 6.07) is 6.13. The first kappa shape index (κ1) is 12.9. The molecule has 88 valence electrons. The van der Waals surface area contributed by atoms with Crippen molar-refractivity contribution in [3.63, 3.8) is 0 Å². The molecule has 2 N–H and O–H groups in total. The maximum Gasteiger partial charge on any atom is 0.287 e. The largest absolute Gasteiger partial charge is 0.390 e. The molecule has 1 aromatic rings. The molecule has 0 unspecified atom stereocenters. The van der Waals surface area contributed by atoms with Crippen LogP contribution in [-0.2, 0) is 0 Å². The molecule has 0 bridgehead atoms. The number of amides is 1. The van der Waals surface area contributed by atoms with Crippen LogP contribution in [0.4, 0.5) is 8.78 Å². The Morgan fingerprint density at radius 3 is 2.44 bits per heavy atom. The van der Waals surface area contributed by atoms with Crippen molar-refractivity contribution in [3.05, 3.63) is 29.8 Å². The number of nitrogens with one attached hydrogen (secondary N) is 1. The van der Waals surface area contributed by atoms with Crippen LogP contribution in [0.25, 0.3) is 0 Å². The summed E-state index contributed by atoms with van der Waals surface area (Å²) in [7, 11) is 0. The number of thiol groups is 1. The van der Waals surface area contributed by atoms with E-state index in [0.717, 1.165) is 0 Å². The highest BCUT2D eigenvalue weighted by atomic mass is 32.1. The van der Waals surface area contributed by atoms with Crippen molar-refractivity contribution < 1.29 is 18.7 Å². The van der Waals surface area contributed by atoms with E-state index in [1.54, 1.807) is 12.1 Å². The fourth-order valence-corrected chi connectivity index (χ4v) is 1.13. The van der Waals surface area contributed by atoms with Crippen LogP contribution in [0.1, 0.15) is 10.4 Å². The number of rotatable bonds is 4. The summed E-state index contributed by atoms with van der Waals surface area (Å²) < 4.78 is 25.2. The van der Waals surface area contributed by atoms with Crippen LogP contribution in [0.2, 0.25) is 0 Å². The van der Waals surface area contributed by atoms with Gasteiger partial charge < -0.3 is 10.4 Å². The second-order valence-electron chi connectivity index (χ2n) is 3.24. The zero-order valence-electron chi connectivity index (χ0n) is 8.28. The molecule has 0 aromatic heterocycles. The number of carbonyl (C=O) groups is 1. The van der Waals surface area contributed by atoms with Gasteiger partial charge in [-0.15, -0.1) is 12.6 Å². The number of carbonyl (C=O) groups excluding carboxylic acids is 1. The van der Waals surface area contributed by atoms with Crippen molar-refractivity contribution in [1.82, 2.24) is 5.32 Å². The molecular formula is C10H11F2NO2S. The lowest BCUT2D eigenvalue weighted by molar-refractivity contribution is -0.0462. The van der Waals surface area contributed by atoms with E-state index in [1.165, 1.54) is 12.1 Å². The van der Waals surface area contributed by atoms with Crippen LogP contribution < -0.4 is 5.32 Å². The highest BCUT2D eigenvalue weighted by molar-refractivity contribution is 7.80. The lowest BCUT2D eigenvalue weighted by atomic mass is 10.2.